The van der Waals surface area contributed by atoms with Crippen LogP contribution in [-0.4, -0.2) is 65.4 Å². The van der Waals surface area contributed by atoms with Gasteiger partial charge in [-0.3, -0.25) is 9.80 Å². The Balaban J connectivity index is 1.35. The standard InChI is InChI=1S/C20H27ClN4O2/c21-17-6-4-16(5-7-17)20-22-19(27-23-20)15-25-9-2-1-3-18(25)8-10-24-11-13-26-14-12-24/h4-7,18H,1-3,8-15H2/t18-/m0/s1. The molecule has 0 saturated carbocycles. The second kappa shape index (κ2) is 9.15. The van der Waals surface area contributed by atoms with Gasteiger partial charge in [0.2, 0.25) is 11.7 Å². The van der Waals surface area contributed by atoms with E-state index < -0.39 is 0 Å². The number of aromatic nitrogens is 2. The molecule has 1 aromatic heterocycles. The zero-order chi connectivity index (χ0) is 18.5. The Kier molecular flexibility index (Phi) is 6.39. The van der Waals surface area contributed by atoms with Crippen LogP contribution in [0, 0.1) is 0 Å². The lowest BCUT2D eigenvalue weighted by Crippen LogP contribution is -2.43. The third-order valence-electron chi connectivity index (χ3n) is 5.54. The number of halogens is 1. The summed E-state index contributed by atoms with van der Waals surface area (Å²) >= 11 is 5.95. The van der Waals surface area contributed by atoms with Gasteiger partial charge in [0.1, 0.15) is 0 Å². The Morgan fingerprint density at radius 2 is 1.89 bits per heavy atom. The van der Waals surface area contributed by atoms with Gasteiger partial charge in [0.15, 0.2) is 0 Å². The normalized spacial score (nSPS) is 22.2. The molecule has 0 aliphatic carbocycles. The average Bonchev–Trinajstić information content (AvgIpc) is 3.17. The highest BCUT2D eigenvalue weighted by Gasteiger charge is 2.25. The van der Waals surface area contributed by atoms with E-state index in [1.165, 1.54) is 25.7 Å². The summed E-state index contributed by atoms with van der Waals surface area (Å²) in [5.74, 6) is 1.32. The predicted octanol–water partition coefficient (Wildman–Crippen LogP) is 3.47. The predicted molar refractivity (Wildman–Crippen MR) is 105 cm³/mol. The summed E-state index contributed by atoms with van der Waals surface area (Å²) in [5, 5.41) is 4.86. The monoisotopic (exact) mass is 390 g/mol. The molecule has 1 atom stereocenters. The quantitative estimate of drug-likeness (QED) is 0.752. The lowest BCUT2D eigenvalue weighted by molar-refractivity contribution is 0.0294. The maximum Gasteiger partial charge on any atom is 0.241 e. The fraction of sp³-hybridized carbons (Fsp3) is 0.600. The molecule has 2 aromatic rings. The first-order valence-corrected chi connectivity index (χ1v) is 10.3. The van der Waals surface area contributed by atoms with Crippen molar-refractivity contribution in [3.63, 3.8) is 0 Å². The lowest BCUT2D eigenvalue weighted by Gasteiger charge is -2.36. The molecular formula is C20H27ClN4O2. The molecule has 146 valence electrons. The minimum absolute atomic E-state index is 0.590. The fourth-order valence-corrected chi connectivity index (χ4v) is 4.09. The highest BCUT2D eigenvalue weighted by molar-refractivity contribution is 6.30. The molecule has 0 spiro atoms. The summed E-state index contributed by atoms with van der Waals surface area (Å²) in [6.45, 7) is 6.82. The van der Waals surface area contributed by atoms with Gasteiger partial charge in [0.25, 0.3) is 0 Å². The van der Waals surface area contributed by atoms with Crippen LogP contribution in [0.15, 0.2) is 28.8 Å². The van der Waals surface area contributed by atoms with Gasteiger partial charge in [-0.1, -0.05) is 23.2 Å². The van der Waals surface area contributed by atoms with E-state index in [1.54, 1.807) is 0 Å². The average molecular weight is 391 g/mol. The molecule has 4 rings (SSSR count). The van der Waals surface area contributed by atoms with E-state index in [2.05, 4.69) is 19.9 Å². The number of hydrogen-bond donors (Lipinski definition) is 0. The van der Waals surface area contributed by atoms with E-state index in [0.29, 0.717) is 22.8 Å². The number of benzene rings is 1. The summed E-state index contributed by atoms with van der Waals surface area (Å²) < 4.78 is 11.0. The van der Waals surface area contributed by atoms with Gasteiger partial charge in [0.05, 0.1) is 19.8 Å². The molecule has 0 radical (unpaired) electrons. The van der Waals surface area contributed by atoms with Gasteiger partial charge in [-0.25, -0.2) is 0 Å². The van der Waals surface area contributed by atoms with Crippen molar-refractivity contribution in [1.29, 1.82) is 0 Å². The van der Waals surface area contributed by atoms with Crippen molar-refractivity contribution in [2.45, 2.75) is 38.3 Å². The molecule has 2 aliphatic heterocycles. The van der Waals surface area contributed by atoms with Crippen molar-refractivity contribution >= 4 is 11.6 Å². The number of ether oxygens (including phenoxy) is 1. The summed E-state index contributed by atoms with van der Waals surface area (Å²) in [7, 11) is 0. The van der Waals surface area contributed by atoms with Crippen LogP contribution in [-0.2, 0) is 11.3 Å². The Morgan fingerprint density at radius 1 is 1.07 bits per heavy atom. The SMILES string of the molecule is Clc1ccc(-c2noc(CN3CCCC[C@H]3CCN3CCOCC3)n2)cc1. The van der Waals surface area contributed by atoms with Crippen molar-refractivity contribution in [3.05, 3.63) is 35.2 Å². The van der Waals surface area contributed by atoms with E-state index in [4.69, 9.17) is 20.9 Å². The molecule has 0 bridgehead atoms. The maximum atomic E-state index is 5.95. The van der Waals surface area contributed by atoms with Crippen LogP contribution in [0.3, 0.4) is 0 Å². The molecule has 3 heterocycles. The summed E-state index contributed by atoms with van der Waals surface area (Å²) in [6, 6.07) is 8.12. The third kappa shape index (κ3) is 5.08. The molecule has 0 unspecified atom stereocenters. The van der Waals surface area contributed by atoms with Crippen LogP contribution >= 0.6 is 11.6 Å². The summed E-state index contributed by atoms with van der Waals surface area (Å²) in [4.78, 5) is 9.63. The van der Waals surface area contributed by atoms with Crippen molar-refractivity contribution in [2.24, 2.45) is 0 Å². The lowest BCUT2D eigenvalue weighted by atomic mass is 9.99. The minimum atomic E-state index is 0.590. The van der Waals surface area contributed by atoms with E-state index in [0.717, 1.165) is 51.5 Å². The molecule has 1 aromatic carbocycles. The van der Waals surface area contributed by atoms with Gasteiger partial charge in [-0.05, 0) is 56.6 Å². The number of likely N-dealkylation sites (tertiary alicyclic amines) is 1. The van der Waals surface area contributed by atoms with E-state index in [9.17, 15) is 0 Å². The van der Waals surface area contributed by atoms with E-state index in [-0.39, 0.29) is 0 Å². The number of hydrogen-bond acceptors (Lipinski definition) is 6. The van der Waals surface area contributed by atoms with Crippen LogP contribution in [0.4, 0.5) is 0 Å². The van der Waals surface area contributed by atoms with Crippen LogP contribution in [0.5, 0.6) is 0 Å². The van der Waals surface area contributed by atoms with Crippen LogP contribution < -0.4 is 0 Å². The van der Waals surface area contributed by atoms with Crippen molar-refractivity contribution in [1.82, 2.24) is 19.9 Å². The minimum Gasteiger partial charge on any atom is -0.379 e. The first kappa shape index (κ1) is 18.9. The van der Waals surface area contributed by atoms with E-state index in [1.807, 2.05) is 24.3 Å². The Morgan fingerprint density at radius 3 is 2.70 bits per heavy atom. The van der Waals surface area contributed by atoms with Gasteiger partial charge in [-0.2, -0.15) is 4.98 Å². The topological polar surface area (TPSA) is 54.6 Å². The molecule has 2 fully saturated rings. The zero-order valence-electron chi connectivity index (χ0n) is 15.6. The first-order valence-electron chi connectivity index (χ1n) is 9.90. The second-order valence-corrected chi connectivity index (χ2v) is 7.82. The number of rotatable bonds is 6. The summed E-state index contributed by atoms with van der Waals surface area (Å²) in [5.41, 5.74) is 0.928. The molecule has 0 amide bonds. The van der Waals surface area contributed by atoms with Crippen LogP contribution in [0.25, 0.3) is 11.4 Å². The molecule has 2 aliphatic rings. The molecular weight excluding hydrogens is 364 g/mol. The second-order valence-electron chi connectivity index (χ2n) is 7.38. The van der Waals surface area contributed by atoms with Crippen molar-refractivity contribution in [3.8, 4) is 11.4 Å². The Hall–Kier alpha value is -1.47. The Bertz CT molecular complexity index is 715. The first-order chi connectivity index (χ1) is 13.3. The third-order valence-corrected chi connectivity index (χ3v) is 5.79. The van der Waals surface area contributed by atoms with Gasteiger partial charge in [0, 0.05) is 29.7 Å². The maximum absolute atomic E-state index is 5.95. The van der Waals surface area contributed by atoms with Crippen molar-refractivity contribution < 1.29 is 9.26 Å². The molecule has 7 heteroatoms. The van der Waals surface area contributed by atoms with Gasteiger partial charge >= 0.3 is 0 Å². The van der Waals surface area contributed by atoms with Crippen LogP contribution in [0.2, 0.25) is 5.02 Å². The highest BCUT2D eigenvalue weighted by atomic mass is 35.5. The number of nitrogens with zero attached hydrogens (tertiary/aromatic N) is 4. The van der Waals surface area contributed by atoms with E-state index >= 15 is 0 Å². The highest BCUT2D eigenvalue weighted by Crippen LogP contribution is 2.24. The van der Waals surface area contributed by atoms with Gasteiger partial charge in [-0.15, -0.1) is 0 Å². The van der Waals surface area contributed by atoms with Crippen molar-refractivity contribution in [2.75, 3.05) is 39.4 Å². The number of piperidine rings is 1. The molecule has 2 saturated heterocycles. The fourth-order valence-electron chi connectivity index (χ4n) is 3.96. The molecule has 0 N–H and O–H groups in total. The smallest absolute Gasteiger partial charge is 0.241 e. The molecule has 6 nitrogen and oxygen atoms in total. The number of morpholine rings is 1. The zero-order valence-corrected chi connectivity index (χ0v) is 16.4. The largest absolute Gasteiger partial charge is 0.379 e. The van der Waals surface area contributed by atoms with Crippen LogP contribution in [0.1, 0.15) is 31.6 Å². The Labute approximate surface area is 165 Å². The summed E-state index contributed by atoms with van der Waals surface area (Å²) in [6.07, 6.45) is 5.00. The molecule has 27 heavy (non-hydrogen) atoms. The van der Waals surface area contributed by atoms with Gasteiger partial charge < -0.3 is 9.26 Å².